The SMILES string of the molecule is Cc1cc(C)n(-c2ccc(CNC(=O)c3nnn(-c4ccc(Br)cc4)c3C3CC3)cn2)n1. The van der Waals surface area contributed by atoms with E-state index in [1.807, 2.05) is 56.3 Å². The largest absolute Gasteiger partial charge is 0.346 e. The lowest BCUT2D eigenvalue weighted by Crippen LogP contribution is -2.24. The van der Waals surface area contributed by atoms with E-state index < -0.39 is 0 Å². The minimum atomic E-state index is -0.224. The number of benzene rings is 1. The van der Waals surface area contributed by atoms with Crippen LogP contribution in [-0.4, -0.2) is 35.7 Å². The van der Waals surface area contributed by atoms with E-state index in [1.165, 1.54) is 0 Å². The predicted molar refractivity (Wildman–Crippen MR) is 123 cm³/mol. The number of pyridine rings is 1. The third-order valence-corrected chi connectivity index (χ3v) is 5.97. The molecule has 0 saturated heterocycles. The summed E-state index contributed by atoms with van der Waals surface area (Å²) >= 11 is 3.45. The van der Waals surface area contributed by atoms with Gasteiger partial charge in [0.2, 0.25) is 0 Å². The molecule has 9 heteroatoms. The molecule has 0 spiro atoms. The first-order valence-electron chi connectivity index (χ1n) is 10.5. The molecule has 0 bridgehead atoms. The fourth-order valence-corrected chi connectivity index (χ4v) is 3.98. The summed E-state index contributed by atoms with van der Waals surface area (Å²) in [5.41, 5.74) is 5.04. The van der Waals surface area contributed by atoms with E-state index in [9.17, 15) is 4.79 Å². The number of hydrogen-bond donors (Lipinski definition) is 1. The molecule has 1 aromatic carbocycles. The molecule has 0 atom stereocenters. The van der Waals surface area contributed by atoms with Gasteiger partial charge in [-0.15, -0.1) is 5.10 Å². The first-order chi connectivity index (χ1) is 15.5. The molecule has 1 aliphatic rings. The number of rotatable bonds is 6. The van der Waals surface area contributed by atoms with Gasteiger partial charge in [0.05, 0.1) is 17.1 Å². The molecule has 0 radical (unpaired) electrons. The van der Waals surface area contributed by atoms with Gasteiger partial charge in [-0.1, -0.05) is 27.2 Å². The fraction of sp³-hybridized carbons (Fsp3) is 0.261. The zero-order chi connectivity index (χ0) is 22.2. The standard InChI is InChI=1S/C23H22BrN7O/c1-14-11-15(2)30(28-14)20-10-3-16(12-25-20)13-26-23(32)21-22(17-4-5-17)31(29-27-21)19-8-6-18(24)7-9-19/h3,6-12,17H,4-5,13H2,1-2H3,(H,26,32). The average Bonchev–Trinajstić information content (AvgIpc) is 3.44. The Morgan fingerprint density at radius 1 is 1.12 bits per heavy atom. The van der Waals surface area contributed by atoms with Crippen molar-refractivity contribution in [3.8, 4) is 11.5 Å². The summed E-state index contributed by atoms with van der Waals surface area (Å²) in [4.78, 5) is 17.4. The number of nitrogens with zero attached hydrogens (tertiary/aromatic N) is 6. The Kier molecular flexibility index (Phi) is 5.34. The average molecular weight is 492 g/mol. The van der Waals surface area contributed by atoms with Crippen LogP contribution in [0.1, 0.15) is 51.9 Å². The van der Waals surface area contributed by atoms with Crippen LogP contribution < -0.4 is 5.32 Å². The smallest absolute Gasteiger partial charge is 0.274 e. The Morgan fingerprint density at radius 3 is 2.53 bits per heavy atom. The van der Waals surface area contributed by atoms with Crippen LogP contribution in [0.5, 0.6) is 0 Å². The number of aromatic nitrogens is 6. The molecule has 3 heterocycles. The maximum absolute atomic E-state index is 12.9. The molecule has 1 fully saturated rings. The third kappa shape index (κ3) is 4.08. The lowest BCUT2D eigenvalue weighted by atomic mass is 10.2. The minimum Gasteiger partial charge on any atom is -0.346 e. The molecule has 1 saturated carbocycles. The number of nitrogens with one attached hydrogen (secondary N) is 1. The van der Waals surface area contributed by atoms with E-state index in [0.717, 1.165) is 51.5 Å². The molecule has 8 nitrogen and oxygen atoms in total. The highest BCUT2D eigenvalue weighted by Crippen LogP contribution is 2.42. The Labute approximate surface area is 193 Å². The van der Waals surface area contributed by atoms with Gasteiger partial charge >= 0.3 is 0 Å². The first-order valence-corrected chi connectivity index (χ1v) is 11.3. The second-order valence-electron chi connectivity index (χ2n) is 8.03. The van der Waals surface area contributed by atoms with Gasteiger partial charge in [-0.3, -0.25) is 4.79 Å². The summed E-state index contributed by atoms with van der Waals surface area (Å²) in [5, 5.41) is 15.9. The molecule has 0 unspecified atom stereocenters. The van der Waals surface area contributed by atoms with E-state index in [4.69, 9.17) is 0 Å². The van der Waals surface area contributed by atoms with Crippen LogP contribution in [0.2, 0.25) is 0 Å². The van der Waals surface area contributed by atoms with Crippen molar-refractivity contribution >= 4 is 21.8 Å². The summed E-state index contributed by atoms with van der Waals surface area (Å²) in [6.07, 6.45) is 3.84. The van der Waals surface area contributed by atoms with Gasteiger partial charge < -0.3 is 5.32 Å². The van der Waals surface area contributed by atoms with Crippen molar-refractivity contribution in [3.05, 3.63) is 81.5 Å². The normalized spacial score (nSPS) is 13.3. The Bertz CT molecular complexity index is 1270. The molecule has 1 amide bonds. The number of carbonyl (C=O) groups is 1. The van der Waals surface area contributed by atoms with E-state index >= 15 is 0 Å². The molecule has 4 aromatic rings. The minimum absolute atomic E-state index is 0.224. The summed E-state index contributed by atoms with van der Waals surface area (Å²) in [6.45, 7) is 4.31. The van der Waals surface area contributed by atoms with Crippen LogP contribution in [0.3, 0.4) is 0 Å². The summed E-state index contributed by atoms with van der Waals surface area (Å²) < 4.78 is 4.58. The lowest BCUT2D eigenvalue weighted by molar-refractivity contribution is 0.0944. The molecule has 1 N–H and O–H groups in total. The highest BCUT2D eigenvalue weighted by Gasteiger charge is 2.34. The maximum Gasteiger partial charge on any atom is 0.274 e. The molecule has 3 aromatic heterocycles. The summed E-state index contributed by atoms with van der Waals surface area (Å²) in [7, 11) is 0. The fourth-order valence-electron chi connectivity index (χ4n) is 3.72. The molecule has 32 heavy (non-hydrogen) atoms. The molecule has 5 rings (SSSR count). The van der Waals surface area contributed by atoms with Crippen LogP contribution in [0.4, 0.5) is 0 Å². The zero-order valence-corrected chi connectivity index (χ0v) is 19.4. The van der Waals surface area contributed by atoms with Crippen molar-refractivity contribution < 1.29 is 4.79 Å². The van der Waals surface area contributed by atoms with Crippen LogP contribution >= 0.6 is 15.9 Å². The second-order valence-corrected chi connectivity index (χ2v) is 8.95. The van der Waals surface area contributed by atoms with Gasteiger partial charge in [0.15, 0.2) is 11.5 Å². The third-order valence-electron chi connectivity index (χ3n) is 5.44. The number of aryl methyl sites for hydroxylation is 2. The summed E-state index contributed by atoms with van der Waals surface area (Å²) in [6, 6.07) is 13.7. The van der Waals surface area contributed by atoms with Gasteiger partial charge in [-0.05, 0) is 68.7 Å². The zero-order valence-electron chi connectivity index (χ0n) is 17.8. The number of carbonyl (C=O) groups excluding carboxylic acids is 1. The number of amides is 1. The van der Waals surface area contributed by atoms with Crippen molar-refractivity contribution in [2.75, 3.05) is 0 Å². The van der Waals surface area contributed by atoms with Crippen LogP contribution in [0.25, 0.3) is 11.5 Å². The predicted octanol–water partition coefficient (Wildman–Crippen LogP) is 4.03. The highest BCUT2D eigenvalue weighted by atomic mass is 79.9. The van der Waals surface area contributed by atoms with Crippen molar-refractivity contribution in [2.45, 2.75) is 39.2 Å². The van der Waals surface area contributed by atoms with E-state index in [-0.39, 0.29) is 5.91 Å². The molecule has 0 aliphatic heterocycles. The monoisotopic (exact) mass is 491 g/mol. The van der Waals surface area contributed by atoms with Gasteiger partial charge in [0.1, 0.15) is 0 Å². The maximum atomic E-state index is 12.9. The molecular weight excluding hydrogens is 470 g/mol. The van der Waals surface area contributed by atoms with Gasteiger partial charge in [0, 0.05) is 28.8 Å². The van der Waals surface area contributed by atoms with E-state index in [0.29, 0.717) is 18.2 Å². The van der Waals surface area contributed by atoms with Crippen LogP contribution in [0, 0.1) is 13.8 Å². The van der Waals surface area contributed by atoms with E-state index in [2.05, 4.69) is 41.6 Å². The number of hydrogen-bond acceptors (Lipinski definition) is 5. The Hall–Kier alpha value is -3.33. The molecule has 1 aliphatic carbocycles. The Balaban J connectivity index is 1.31. The molecular formula is C23H22BrN7O. The van der Waals surface area contributed by atoms with Crippen molar-refractivity contribution in [1.82, 2.24) is 35.1 Å². The van der Waals surface area contributed by atoms with Crippen LogP contribution in [0.15, 0.2) is 53.1 Å². The van der Waals surface area contributed by atoms with E-state index in [1.54, 1.807) is 15.6 Å². The Morgan fingerprint density at radius 2 is 1.91 bits per heavy atom. The topological polar surface area (TPSA) is 90.5 Å². The lowest BCUT2D eigenvalue weighted by Gasteiger charge is -2.08. The first kappa shape index (κ1) is 20.6. The van der Waals surface area contributed by atoms with Crippen molar-refractivity contribution in [2.24, 2.45) is 0 Å². The van der Waals surface area contributed by atoms with Crippen molar-refractivity contribution in [1.29, 1.82) is 0 Å². The van der Waals surface area contributed by atoms with Crippen molar-refractivity contribution in [3.63, 3.8) is 0 Å². The highest BCUT2D eigenvalue weighted by molar-refractivity contribution is 9.10. The van der Waals surface area contributed by atoms with Gasteiger partial charge in [0.25, 0.3) is 5.91 Å². The second kappa shape index (κ2) is 8.31. The van der Waals surface area contributed by atoms with Crippen LogP contribution in [-0.2, 0) is 6.54 Å². The van der Waals surface area contributed by atoms with Gasteiger partial charge in [-0.25, -0.2) is 14.3 Å². The quantitative estimate of drug-likeness (QED) is 0.439. The molecule has 162 valence electrons. The number of halogens is 1. The summed E-state index contributed by atoms with van der Waals surface area (Å²) in [5.74, 6) is 0.841. The van der Waals surface area contributed by atoms with Gasteiger partial charge in [-0.2, -0.15) is 5.10 Å².